The number of carbonyl (C=O) groups is 6. The fraction of sp³-hybridized carbons (Fsp3) is 0.500. The molecule has 0 fully saturated rings. The Hall–Kier alpha value is -2.34. The molecule has 0 heterocycles. The van der Waals surface area contributed by atoms with E-state index in [0.29, 0.717) is 0 Å². The molecule has 0 aromatic heterocycles. The molecule has 0 saturated heterocycles. The average molecular weight is 442 g/mol. The van der Waals surface area contributed by atoms with Gasteiger partial charge in [0.25, 0.3) is 0 Å². The number of aliphatic carboxylic acids is 6. The molecule has 0 aromatic rings. The smallest absolute Gasteiger partial charge is 1.00 e. The van der Waals surface area contributed by atoms with Crippen molar-refractivity contribution in [2.75, 3.05) is 0 Å². The van der Waals surface area contributed by atoms with Gasteiger partial charge < -0.3 is 59.4 Å². The molecular weight excluding hydrogens is 419 g/mol. The largest absolute Gasteiger partial charge is 1.00 e. The quantitative estimate of drug-likeness (QED) is 0.142. The van der Waals surface area contributed by atoms with Crippen LogP contribution in [0.15, 0.2) is 0 Å². The third kappa shape index (κ3) is 16.3. The number of rotatable bonds is 10. The average Bonchev–Trinajstić information content (AvgIpc) is 2.34. The van der Waals surface area contributed by atoms with Crippen molar-refractivity contribution in [3.63, 3.8) is 0 Å². The van der Waals surface area contributed by atoms with Crippen molar-refractivity contribution < 1.29 is 102 Å². The van der Waals surface area contributed by atoms with Crippen molar-refractivity contribution >= 4 is 35.8 Å². The summed E-state index contributed by atoms with van der Waals surface area (Å²) in [5.41, 5.74) is -5.59. The Bertz CT molecular complexity index is 534. The topological polar surface area (TPSA) is 337 Å². The molecule has 0 saturated carbocycles. The number of carbonyl (C=O) groups excluding carboxylic acids is 1. The molecule has 0 aliphatic rings. The van der Waals surface area contributed by atoms with Crippen LogP contribution in [0, 0.1) is 0 Å². The fourth-order valence-corrected chi connectivity index (χ4v) is 1.42. The second-order valence-electron chi connectivity index (χ2n) is 4.94. The normalized spacial score (nSPS) is 9.72. The van der Waals surface area contributed by atoms with Crippen LogP contribution in [0.3, 0.4) is 0 Å². The van der Waals surface area contributed by atoms with E-state index in [1.165, 1.54) is 0 Å². The molecule has 0 aliphatic carbocycles. The van der Waals surface area contributed by atoms with Crippen LogP contribution in [-0.4, -0.2) is 82.8 Å². The van der Waals surface area contributed by atoms with Crippen LogP contribution in [0.25, 0.3) is 0 Å². The zero-order chi connectivity index (χ0) is 21.3. The molecule has 0 spiro atoms. The van der Waals surface area contributed by atoms with Gasteiger partial charge in [-0.2, -0.15) is 0 Å². The maximum atomic E-state index is 10.3. The van der Waals surface area contributed by atoms with Crippen LogP contribution in [0.4, 0.5) is 0 Å². The van der Waals surface area contributed by atoms with E-state index in [1.807, 2.05) is 0 Å². The van der Waals surface area contributed by atoms with Gasteiger partial charge in [-0.1, -0.05) is 0 Å². The van der Waals surface area contributed by atoms with E-state index in [-0.39, 0.29) is 44.7 Å². The second-order valence-corrected chi connectivity index (χ2v) is 4.94. The molecule has 0 rings (SSSR count). The monoisotopic (exact) mass is 442 g/mol. The van der Waals surface area contributed by atoms with Gasteiger partial charge in [0.05, 0.1) is 31.7 Å². The van der Waals surface area contributed by atoms with Gasteiger partial charge in [0.1, 0.15) is 5.60 Å². The maximum absolute atomic E-state index is 10.3. The van der Waals surface area contributed by atoms with Crippen molar-refractivity contribution in [2.24, 2.45) is 0 Å². The molecule has 13 N–H and O–H groups in total. The van der Waals surface area contributed by atoms with E-state index in [4.69, 9.17) is 35.7 Å². The van der Waals surface area contributed by atoms with Crippen molar-refractivity contribution in [3.8, 4) is 0 Å². The van der Waals surface area contributed by atoms with Crippen LogP contribution in [0.5, 0.6) is 0 Å². The van der Waals surface area contributed by atoms with Crippen molar-refractivity contribution in [1.29, 1.82) is 0 Å². The van der Waals surface area contributed by atoms with Crippen LogP contribution < -0.4 is 47.0 Å². The molecule has 17 heteroatoms. The second kappa shape index (κ2) is 15.6. The van der Waals surface area contributed by atoms with E-state index in [9.17, 15) is 33.9 Å². The molecule has 0 atom stereocenters. The Morgan fingerprint density at radius 1 is 0.655 bits per heavy atom. The van der Waals surface area contributed by atoms with Crippen LogP contribution in [-0.2, 0) is 28.8 Å². The molecule has 0 radical (unpaired) electrons. The van der Waals surface area contributed by atoms with E-state index < -0.39 is 72.7 Å². The Morgan fingerprint density at radius 3 is 1.00 bits per heavy atom. The zero-order valence-electron chi connectivity index (χ0n) is 17.2. The summed E-state index contributed by atoms with van der Waals surface area (Å²) in [6, 6.07) is 0. The van der Waals surface area contributed by atoms with Crippen LogP contribution in [0.1, 0.15) is 28.5 Å². The standard InChI is InChI=1S/2C6H8O7.2H3N.Na.H/c2*7-3(8)1-6(13,5(11)12)2-4(9)10;;;;/h2*13H,1-2H2,(H,7,8)(H,9,10)(H,11,12);2*1H3;;/q;;;;+1;-1. The summed E-state index contributed by atoms with van der Waals surface area (Å²) in [4.78, 5) is 60.8. The molecular formula is C12H23N2NaO14. The van der Waals surface area contributed by atoms with E-state index in [2.05, 4.69) is 0 Å². The van der Waals surface area contributed by atoms with Gasteiger partial charge in [-0.25, -0.2) is 4.79 Å². The molecule has 0 aliphatic heterocycles. The van der Waals surface area contributed by atoms with Crippen LogP contribution in [0.2, 0.25) is 0 Å². The Balaban J connectivity index is -0.0000000640. The molecule has 166 valence electrons. The number of hydrogen-bond donors (Lipinski definition) is 9. The Kier molecular flexibility index (Phi) is 20.1. The van der Waals surface area contributed by atoms with Gasteiger partial charge >= 0.3 is 60.8 Å². The molecule has 29 heavy (non-hydrogen) atoms. The first-order valence-corrected chi connectivity index (χ1v) is 6.32. The minimum atomic E-state index is -2.85. The van der Waals surface area contributed by atoms with Crippen molar-refractivity contribution in [3.05, 3.63) is 0 Å². The summed E-state index contributed by atoms with van der Waals surface area (Å²) in [6.45, 7) is 0. The third-order valence-electron chi connectivity index (χ3n) is 2.55. The number of aliphatic hydroxyl groups is 2. The third-order valence-corrected chi connectivity index (χ3v) is 2.55. The Labute approximate surface area is 187 Å². The van der Waals surface area contributed by atoms with Gasteiger partial charge in [0.2, 0.25) is 0 Å². The number of carboxylic acids is 6. The van der Waals surface area contributed by atoms with Gasteiger partial charge in [0.15, 0.2) is 5.60 Å². The van der Waals surface area contributed by atoms with Crippen LogP contribution >= 0.6 is 0 Å². The molecule has 0 aromatic carbocycles. The summed E-state index contributed by atoms with van der Waals surface area (Å²) in [5.74, 6) is -10.4. The summed E-state index contributed by atoms with van der Waals surface area (Å²) in [5, 5.41) is 69.4. The molecule has 16 nitrogen and oxygen atoms in total. The first kappa shape index (κ1) is 37.4. The first-order chi connectivity index (χ1) is 11.6. The van der Waals surface area contributed by atoms with Gasteiger partial charge in [-0.15, -0.1) is 0 Å². The van der Waals surface area contributed by atoms with E-state index in [0.717, 1.165) is 0 Å². The molecule has 0 amide bonds. The fourth-order valence-electron chi connectivity index (χ4n) is 1.42. The van der Waals surface area contributed by atoms with E-state index in [1.54, 1.807) is 0 Å². The van der Waals surface area contributed by atoms with Crippen molar-refractivity contribution in [1.82, 2.24) is 12.3 Å². The van der Waals surface area contributed by atoms with Gasteiger partial charge in [0, 0.05) is 0 Å². The van der Waals surface area contributed by atoms with Gasteiger partial charge in [-0.3, -0.25) is 19.2 Å². The summed E-state index contributed by atoms with van der Waals surface area (Å²) in [6.07, 6.45) is -4.70. The first-order valence-electron chi connectivity index (χ1n) is 6.32. The number of carboxylic acid groups (broad SMARTS) is 6. The maximum Gasteiger partial charge on any atom is 1.00 e. The molecule has 0 unspecified atom stereocenters. The minimum absolute atomic E-state index is 0. The summed E-state index contributed by atoms with van der Waals surface area (Å²) in [7, 11) is 0. The number of hydrogen-bond acceptors (Lipinski definition) is 11. The molecule has 0 bridgehead atoms. The minimum Gasteiger partial charge on any atom is -1.00 e. The zero-order valence-corrected chi connectivity index (χ0v) is 17.2. The summed E-state index contributed by atoms with van der Waals surface area (Å²) < 4.78 is 0. The SMILES string of the molecule is N.N.O=C(O)CC(O)(CC(=O)O)C(=O)O.O=C(O)CC(O)(CC(=O)O)C(=O)[O-].[H+].[H-].[Na+]. The van der Waals surface area contributed by atoms with Gasteiger partial charge in [-0.05, 0) is 0 Å². The Morgan fingerprint density at radius 2 is 0.862 bits per heavy atom. The van der Waals surface area contributed by atoms with Crippen molar-refractivity contribution in [2.45, 2.75) is 36.9 Å². The summed E-state index contributed by atoms with van der Waals surface area (Å²) >= 11 is 0. The predicted octanol–water partition coefficient (Wildman–Crippen LogP) is -6.28. The predicted molar refractivity (Wildman–Crippen MR) is 83.8 cm³/mol. The van der Waals surface area contributed by atoms with E-state index >= 15 is 0 Å².